The first-order chi connectivity index (χ1) is 4.72. The fourth-order valence-electron chi connectivity index (χ4n) is 1.90. The number of ether oxygens (including phenoxy) is 1. The molecular formula is C8H12O2. The lowest BCUT2D eigenvalue weighted by atomic mass is 9.60. The standard InChI is InChI=1S/C8H12O2/c1-6(9)7-2-8(3-7)4-10-5-8/h7H,2-5H2,1H3. The first-order valence-corrected chi connectivity index (χ1v) is 3.80. The minimum absolute atomic E-state index is 0.359. The van der Waals surface area contributed by atoms with E-state index in [0.29, 0.717) is 17.1 Å². The van der Waals surface area contributed by atoms with Crippen LogP contribution in [0.1, 0.15) is 19.8 Å². The molecule has 10 heavy (non-hydrogen) atoms. The quantitative estimate of drug-likeness (QED) is 0.543. The smallest absolute Gasteiger partial charge is 0.132 e. The number of rotatable bonds is 1. The van der Waals surface area contributed by atoms with Crippen molar-refractivity contribution in [2.75, 3.05) is 13.2 Å². The molecule has 0 radical (unpaired) electrons. The Labute approximate surface area is 60.6 Å². The van der Waals surface area contributed by atoms with Crippen molar-refractivity contribution in [2.24, 2.45) is 11.3 Å². The van der Waals surface area contributed by atoms with Crippen LogP contribution in [-0.2, 0) is 9.53 Å². The minimum atomic E-state index is 0.359. The molecule has 0 unspecified atom stereocenters. The Morgan fingerprint density at radius 3 is 2.40 bits per heavy atom. The van der Waals surface area contributed by atoms with Gasteiger partial charge in [0.15, 0.2) is 0 Å². The van der Waals surface area contributed by atoms with Gasteiger partial charge in [0.25, 0.3) is 0 Å². The third-order valence-electron chi connectivity index (χ3n) is 2.75. The zero-order valence-electron chi connectivity index (χ0n) is 6.22. The summed E-state index contributed by atoms with van der Waals surface area (Å²) in [5.74, 6) is 0.724. The van der Waals surface area contributed by atoms with Crippen LogP contribution in [0, 0.1) is 11.3 Å². The van der Waals surface area contributed by atoms with Crippen LogP contribution in [0.3, 0.4) is 0 Å². The fourth-order valence-corrected chi connectivity index (χ4v) is 1.90. The van der Waals surface area contributed by atoms with E-state index in [-0.39, 0.29) is 0 Å². The van der Waals surface area contributed by atoms with E-state index >= 15 is 0 Å². The van der Waals surface area contributed by atoms with Crippen LogP contribution >= 0.6 is 0 Å². The predicted molar refractivity (Wildman–Crippen MR) is 36.7 cm³/mol. The van der Waals surface area contributed by atoms with Crippen LogP contribution < -0.4 is 0 Å². The molecular weight excluding hydrogens is 128 g/mol. The number of hydrogen-bond acceptors (Lipinski definition) is 2. The second-order valence-corrected chi connectivity index (χ2v) is 3.71. The van der Waals surface area contributed by atoms with Gasteiger partial charge in [0.1, 0.15) is 5.78 Å². The lowest BCUT2D eigenvalue weighted by molar-refractivity contribution is -0.182. The molecule has 2 aliphatic rings. The molecule has 0 N–H and O–H groups in total. The van der Waals surface area contributed by atoms with Gasteiger partial charge in [-0.25, -0.2) is 0 Å². The molecule has 0 bridgehead atoms. The molecule has 1 aliphatic heterocycles. The molecule has 0 aromatic rings. The summed E-state index contributed by atoms with van der Waals surface area (Å²) < 4.78 is 5.10. The average molecular weight is 140 g/mol. The molecule has 1 saturated heterocycles. The zero-order chi connectivity index (χ0) is 7.19. The summed E-state index contributed by atoms with van der Waals surface area (Å²) in [6, 6.07) is 0. The number of carbonyl (C=O) groups excluding carboxylic acids is 1. The van der Waals surface area contributed by atoms with Gasteiger partial charge in [0.2, 0.25) is 0 Å². The molecule has 2 nitrogen and oxygen atoms in total. The second-order valence-electron chi connectivity index (χ2n) is 3.71. The molecule has 56 valence electrons. The van der Waals surface area contributed by atoms with Crippen molar-refractivity contribution in [3.05, 3.63) is 0 Å². The van der Waals surface area contributed by atoms with Gasteiger partial charge in [0, 0.05) is 11.3 Å². The minimum Gasteiger partial charge on any atom is -0.380 e. The molecule has 2 fully saturated rings. The maximum atomic E-state index is 10.8. The van der Waals surface area contributed by atoms with E-state index in [2.05, 4.69) is 0 Å². The Bertz CT molecular complexity index is 162. The summed E-state index contributed by atoms with van der Waals surface area (Å²) >= 11 is 0. The van der Waals surface area contributed by atoms with Crippen molar-refractivity contribution >= 4 is 5.78 Å². The SMILES string of the molecule is CC(=O)C1CC2(COC2)C1. The molecule has 1 saturated carbocycles. The highest BCUT2D eigenvalue weighted by Crippen LogP contribution is 2.50. The van der Waals surface area contributed by atoms with E-state index in [1.165, 1.54) is 0 Å². The van der Waals surface area contributed by atoms with Crippen molar-refractivity contribution in [1.82, 2.24) is 0 Å². The Morgan fingerprint density at radius 1 is 1.50 bits per heavy atom. The lowest BCUT2D eigenvalue weighted by Crippen LogP contribution is -2.53. The van der Waals surface area contributed by atoms with Crippen LogP contribution in [0.15, 0.2) is 0 Å². The highest BCUT2D eigenvalue weighted by Gasteiger charge is 2.50. The topological polar surface area (TPSA) is 26.3 Å². The second kappa shape index (κ2) is 1.82. The van der Waals surface area contributed by atoms with Gasteiger partial charge in [-0.15, -0.1) is 0 Å². The van der Waals surface area contributed by atoms with Gasteiger partial charge < -0.3 is 4.74 Å². The Balaban J connectivity index is 1.88. The first-order valence-electron chi connectivity index (χ1n) is 3.80. The predicted octanol–water partition coefficient (Wildman–Crippen LogP) is 1.00. The Kier molecular flexibility index (Phi) is 1.15. The number of hydrogen-bond donors (Lipinski definition) is 0. The van der Waals surface area contributed by atoms with Crippen LogP contribution in [0.2, 0.25) is 0 Å². The molecule has 2 rings (SSSR count). The molecule has 0 atom stereocenters. The number of ketones is 1. The van der Waals surface area contributed by atoms with E-state index in [0.717, 1.165) is 26.1 Å². The summed E-state index contributed by atoms with van der Waals surface area (Å²) in [4.78, 5) is 10.8. The normalized spacial score (nSPS) is 29.3. The van der Waals surface area contributed by atoms with Crippen LogP contribution in [0.5, 0.6) is 0 Å². The summed E-state index contributed by atoms with van der Waals surface area (Å²) in [5.41, 5.74) is 0.455. The van der Waals surface area contributed by atoms with Crippen molar-refractivity contribution in [2.45, 2.75) is 19.8 Å². The number of Topliss-reactive ketones (excluding diaryl/α,β-unsaturated/α-hetero) is 1. The van der Waals surface area contributed by atoms with E-state index < -0.39 is 0 Å². The molecule has 1 spiro atoms. The van der Waals surface area contributed by atoms with Crippen LogP contribution in [-0.4, -0.2) is 19.0 Å². The Morgan fingerprint density at radius 2 is 2.10 bits per heavy atom. The lowest BCUT2D eigenvalue weighted by Gasteiger charge is -2.52. The monoisotopic (exact) mass is 140 g/mol. The molecule has 0 aromatic carbocycles. The fraction of sp³-hybridized carbons (Fsp3) is 0.875. The van der Waals surface area contributed by atoms with Gasteiger partial charge in [-0.05, 0) is 19.8 Å². The number of carbonyl (C=O) groups is 1. The van der Waals surface area contributed by atoms with Gasteiger partial charge in [-0.1, -0.05) is 0 Å². The molecule has 2 heteroatoms. The van der Waals surface area contributed by atoms with Crippen molar-refractivity contribution in [1.29, 1.82) is 0 Å². The van der Waals surface area contributed by atoms with Crippen molar-refractivity contribution in [3.8, 4) is 0 Å². The van der Waals surface area contributed by atoms with E-state index in [4.69, 9.17) is 4.74 Å². The van der Waals surface area contributed by atoms with Crippen molar-refractivity contribution in [3.63, 3.8) is 0 Å². The summed E-state index contributed by atoms with van der Waals surface area (Å²) in [7, 11) is 0. The average Bonchev–Trinajstić information content (AvgIpc) is 1.54. The summed E-state index contributed by atoms with van der Waals surface area (Å²) in [6.45, 7) is 3.49. The van der Waals surface area contributed by atoms with Gasteiger partial charge in [0.05, 0.1) is 13.2 Å². The third-order valence-corrected chi connectivity index (χ3v) is 2.75. The van der Waals surface area contributed by atoms with Crippen molar-refractivity contribution < 1.29 is 9.53 Å². The van der Waals surface area contributed by atoms with E-state index in [9.17, 15) is 4.79 Å². The highest BCUT2D eigenvalue weighted by molar-refractivity contribution is 5.79. The van der Waals surface area contributed by atoms with Gasteiger partial charge >= 0.3 is 0 Å². The molecule has 1 heterocycles. The molecule has 1 aliphatic carbocycles. The highest BCUT2D eigenvalue weighted by atomic mass is 16.5. The van der Waals surface area contributed by atoms with Gasteiger partial charge in [-0.2, -0.15) is 0 Å². The third kappa shape index (κ3) is 0.717. The summed E-state index contributed by atoms with van der Waals surface area (Å²) in [6.07, 6.45) is 2.17. The van der Waals surface area contributed by atoms with Crippen LogP contribution in [0.4, 0.5) is 0 Å². The Hall–Kier alpha value is -0.370. The molecule has 0 aromatic heterocycles. The largest absolute Gasteiger partial charge is 0.380 e. The molecule has 0 amide bonds. The summed E-state index contributed by atoms with van der Waals surface area (Å²) in [5, 5.41) is 0. The van der Waals surface area contributed by atoms with E-state index in [1.54, 1.807) is 6.92 Å². The first kappa shape index (κ1) is 6.35. The zero-order valence-corrected chi connectivity index (χ0v) is 6.22. The maximum Gasteiger partial charge on any atom is 0.132 e. The van der Waals surface area contributed by atoms with E-state index in [1.807, 2.05) is 0 Å². The van der Waals surface area contributed by atoms with Crippen LogP contribution in [0.25, 0.3) is 0 Å². The van der Waals surface area contributed by atoms with Gasteiger partial charge in [-0.3, -0.25) is 4.79 Å². The maximum absolute atomic E-state index is 10.8.